The molecule has 0 spiro atoms. The van der Waals surface area contributed by atoms with E-state index >= 15 is 0 Å². The highest BCUT2D eigenvalue weighted by molar-refractivity contribution is 5.76. The molecule has 0 atom stereocenters. The first kappa shape index (κ1) is 13.8. The minimum Gasteiger partial charge on any atom is -0.381 e. The maximum Gasteiger partial charge on any atom is 0.222 e. The first-order valence-corrected chi connectivity index (χ1v) is 7.26. The van der Waals surface area contributed by atoms with E-state index in [0.717, 1.165) is 51.7 Å². The second-order valence-corrected chi connectivity index (χ2v) is 5.83. The van der Waals surface area contributed by atoms with E-state index in [4.69, 9.17) is 10.5 Å². The fourth-order valence-electron chi connectivity index (χ4n) is 3.03. The van der Waals surface area contributed by atoms with Crippen LogP contribution in [0.5, 0.6) is 0 Å². The smallest absolute Gasteiger partial charge is 0.222 e. The summed E-state index contributed by atoms with van der Waals surface area (Å²) in [6, 6.07) is 0.761. The number of rotatable bonds is 3. The summed E-state index contributed by atoms with van der Waals surface area (Å²) in [5, 5.41) is 0. The molecule has 0 aromatic carbocycles. The fraction of sp³-hybridized carbons (Fsp3) is 0.929. The lowest BCUT2D eigenvalue weighted by Gasteiger charge is -2.34. The third kappa shape index (κ3) is 3.69. The molecule has 0 radical (unpaired) electrons. The van der Waals surface area contributed by atoms with Gasteiger partial charge in [-0.25, -0.2) is 0 Å². The Balaban J connectivity index is 1.77. The van der Waals surface area contributed by atoms with Gasteiger partial charge in [0, 0.05) is 38.8 Å². The van der Waals surface area contributed by atoms with Gasteiger partial charge in [0.05, 0.1) is 0 Å². The van der Waals surface area contributed by atoms with Crippen molar-refractivity contribution in [3.8, 4) is 0 Å². The van der Waals surface area contributed by atoms with Gasteiger partial charge in [-0.1, -0.05) is 0 Å². The van der Waals surface area contributed by atoms with Gasteiger partial charge in [-0.05, 0) is 44.4 Å². The normalized spacial score (nSPS) is 30.1. The van der Waals surface area contributed by atoms with Gasteiger partial charge < -0.3 is 15.4 Å². The predicted molar refractivity (Wildman–Crippen MR) is 71.2 cm³/mol. The molecule has 2 fully saturated rings. The van der Waals surface area contributed by atoms with Crippen LogP contribution in [0.3, 0.4) is 0 Å². The molecule has 1 aliphatic carbocycles. The number of hydrogen-bond donors (Lipinski definition) is 1. The molecule has 1 heterocycles. The average Bonchev–Trinajstić information content (AvgIpc) is 2.40. The Morgan fingerprint density at radius 2 is 1.78 bits per heavy atom. The van der Waals surface area contributed by atoms with E-state index < -0.39 is 0 Å². The zero-order valence-electron chi connectivity index (χ0n) is 11.4. The van der Waals surface area contributed by atoms with E-state index in [-0.39, 0.29) is 0 Å². The first-order valence-electron chi connectivity index (χ1n) is 7.26. The van der Waals surface area contributed by atoms with Crippen LogP contribution >= 0.6 is 0 Å². The van der Waals surface area contributed by atoms with Crippen molar-refractivity contribution < 1.29 is 9.53 Å². The second kappa shape index (κ2) is 6.53. The number of nitrogens with two attached hydrogens (primary N) is 1. The molecule has 2 N–H and O–H groups in total. The van der Waals surface area contributed by atoms with E-state index in [0.29, 0.717) is 30.3 Å². The van der Waals surface area contributed by atoms with Crippen LogP contribution in [-0.4, -0.2) is 43.2 Å². The molecule has 104 valence electrons. The van der Waals surface area contributed by atoms with Gasteiger partial charge in [-0.15, -0.1) is 0 Å². The van der Waals surface area contributed by atoms with Crippen molar-refractivity contribution in [2.24, 2.45) is 11.7 Å². The van der Waals surface area contributed by atoms with Gasteiger partial charge in [0.2, 0.25) is 5.91 Å². The average molecular weight is 254 g/mol. The van der Waals surface area contributed by atoms with Crippen LogP contribution < -0.4 is 5.73 Å². The first-order chi connectivity index (χ1) is 8.66. The van der Waals surface area contributed by atoms with Gasteiger partial charge in [0.25, 0.3) is 0 Å². The molecule has 1 amide bonds. The molecule has 18 heavy (non-hydrogen) atoms. The minimum atomic E-state index is 0.308. The molecular formula is C14H26N2O2. The van der Waals surface area contributed by atoms with Crippen LogP contribution in [0.1, 0.15) is 44.9 Å². The highest BCUT2D eigenvalue weighted by Crippen LogP contribution is 2.24. The topological polar surface area (TPSA) is 55.6 Å². The van der Waals surface area contributed by atoms with Gasteiger partial charge in [0.1, 0.15) is 0 Å². The summed E-state index contributed by atoms with van der Waals surface area (Å²) in [4.78, 5) is 14.2. The molecule has 1 saturated carbocycles. The molecule has 1 aliphatic heterocycles. The predicted octanol–water partition coefficient (Wildman–Crippen LogP) is 1.53. The lowest BCUT2D eigenvalue weighted by molar-refractivity contribution is -0.134. The van der Waals surface area contributed by atoms with E-state index in [1.165, 1.54) is 0 Å². The summed E-state index contributed by atoms with van der Waals surface area (Å²) < 4.78 is 5.33. The summed E-state index contributed by atoms with van der Waals surface area (Å²) in [5.41, 5.74) is 5.91. The Bertz CT molecular complexity index is 269. The Morgan fingerprint density at radius 3 is 2.39 bits per heavy atom. The summed E-state index contributed by atoms with van der Waals surface area (Å²) in [7, 11) is 1.96. The van der Waals surface area contributed by atoms with E-state index in [2.05, 4.69) is 0 Å². The molecule has 0 unspecified atom stereocenters. The maximum atomic E-state index is 12.2. The molecule has 0 bridgehead atoms. The van der Waals surface area contributed by atoms with E-state index in [1.54, 1.807) is 0 Å². The minimum absolute atomic E-state index is 0.308. The SMILES string of the molecule is CN(C(=O)CC1CCOCC1)C1CCC(N)CC1. The molecule has 2 rings (SSSR count). The van der Waals surface area contributed by atoms with Gasteiger partial charge in [-0.2, -0.15) is 0 Å². The van der Waals surface area contributed by atoms with Crippen LogP contribution in [-0.2, 0) is 9.53 Å². The Kier molecular flexibility index (Phi) is 5.01. The number of carbonyl (C=O) groups excluding carboxylic acids is 1. The van der Waals surface area contributed by atoms with Crippen LogP contribution in [0.15, 0.2) is 0 Å². The Morgan fingerprint density at radius 1 is 1.17 bits per heavy atom. The van der Waals surface area contributed by atoms with Crippen LogP contribution in [0.4, 0.5) is 0 Å². The van der Waals surface area contributed by atoms with Crippen molar-refractivity contribution in [2.45, 2.75) is 57.0 Å². The third-order valence-corrected chi connectivity index (χ3v) is 4.49. The zero-order chi connectivity index (χ0) is 13.0. The van der Waals surface area contributed by atoms with Crippen molar-refractivity contribution in [1.82, 2.24) is 4.90 Å². The number of ether oxygens (including phenoxy) is 1. The molecule has 4 heteroatoms. The molecule has 2 aliphatic rings. The lowest BCUT2D eigenvalue weighted by Crippen LogP contribution is -2.42. The largest absolute Gasteiger partial charge is 0.381 e. The van der Waals surface area contributed by atoms with Gasteiger partial charge in [-0.3, -0.25) is 4.79 Å². The van der Waals surface area contributed by atoms with Crippen molar-refractivity contribution >= 4 is 5.91 Å². The standard InChI is InChI=1S/C14H26N2O2/c1-16(13-4-2-12(15)3-5-13)14(17)10-11-6-8-18-9-7-11/h11-13H,2-10,15H2,1H3. The maximum absolute atomic E-state index is 12.2. The van der Waals surface area contributed by atoms with E-state index in [9.17, 15) is 4.79 Å². The molecular weight excluding hydrogens is 228 g/mol. The highest BCUT2D eigenvalue weighted by Gasteiger charge is 2.26. The summed E-state index contributed by atoms with van der Waals surface area (Å²) in [6.45, 7) is 1.64. The summed E-state index contributed by atoms with van der Waals surface area (Å²) in [6.07, 6.45) is 7.01. The summed E-state index contributed by atoms with van der Waals surface area (Å²) >= 11 is 0. The quantitative estimate of drug-likeness (QED) is 0.831. The molecule has 0 aromatic heterocycles. The Labute approximate surface area is 110 Å². The van der Waals surface area contributed by atoms with Crippen molar-refractivity contribution in [1.29, 1.82) is 0 Å². The Hall–Kier alpha value is -0.610. The van der Waals surface area contributed by atoms with Gasteiger partial charge in [0.15, 0.2) is 0 Å². The molecule has 0 aromatic rings. The van der Waals surface area contributed by atoms with Crippen LogP contribution in [0.2, 0.25) is 0 Å². The molecule has 1 saturated heterocycles. The zero-order valence-corrected chi connectivity index (χ0v) is 11.4. The number of nitrogens with zero attached hydrogens (tertiary/aromatic N) is 1. The van der Waals surface area contributed by atoms with Crippen molar-refractivity contribution in [3.63, 3.8) is 0 Å². The summed E-state index contributed by atoms with van der Waals surface area (Å²) in [5.74, 6) is 0.835. The number of carbonyl (C=O) groups is 1. The lowest BCUT2D eigenvalue weighted by atomic mass is 9.90. The number of amides is 1. The second-order valence-electron chi connectivity index (χ2n) is 5.83. The van der Waals surface area contributed by atoms with Crippen LogP contribution in [0, 0.1) is 5.92 Å². The van der Waals surface area contributed by atoms with Crippen molar-refractivity contribution in [2.75, 3.05) is 20.3 Å². The van der Waals surface area contributed by atoms with Crippen LogP contribution in [0.25, 0.3) is 0 Å². The van der Waals surface area contributed by atoms with Gasteiger partial charge >= 0.3 is 0 Å². The molecule has 4 nitrogen and oxygen atoms in total. The van der Waals surface area contributed by atoms with E-state index in [1.807, 2.05) is 11.9 Å². The number of hydrogen-bond acceptors (Lipinski definition) is 3. The fourth-order valence-corrected chi connectivity index (χ4v) is 3.03. The van der Waals surface area contributed by atoms with Crippen molar-refractivity contribution in [3.05, 3.63) is 0 Å². The third-order valence-electron chi connectivity index (χ3n) is 4.49. The highest BCUT2D eigenvalue weighted by atomic mass is 16.5. The monoisotopic (exact) mass is 254 g/mol.